The smallest absolute Gasteiger partial charge is 0.119 e. The van der Waals surface area contributed by atoms with Gasteiger partial charge in [0.25, 0.3) is 0 Å². The van der Waals surface area contributed by atoms with E-state index >= 15 is 0 Å². The number of benzene rings is 1. The van der Waals surface area contributed by atoms with E-state index in [0.29, 0.717) is 6.54 Å². The highest BCUT2D eigenvalue weighted by molar-refractivity contribution is 7.97. The molecule has 0 bridgehead atoms. The van der Waals surface area contributed by atoms with E-state index in [1.807, 2.05) is 59.3 Å². The number of anilines is 1. The number of hydrogen-bond acceptors (Lipinski definition) is 4. The number of hydrazine groups is 1. The van der Waals surface area contributed by atoms with Gasteiger partial charge in [-0.25, -0.2) is 9.63 Å². The summed E-state index contributed by atoms with van der Waals surface area (Å²) in [5.41, 5.74) is 9.60. The van der Waals surface area contributed by atoms with Crippen molar-refractivity contribution in [3.63, 3.8) is 0 Å². The Hall–Kier alpha value is -2.15. The highest BCUT2D eigenvalue weighted by atomic mass is 32.2. The third-order valence-electron chi connectivity index (χ3n) is 3.78. The van der Waals surface area contributed by atoms with E-state index in [9.17, 15) is 4.21 Å². The van der Waals surface area contributed by atoms with E-state index in [2.05, 4.69) is 16.2 Å². The third kappa shape index (κ3) is 2.31. The first-order chi connectivity index (χ1) is 10.8. The topological polar surface area (TPSA) is 58.1 Å². The van der Waals surface area contributed by atoms with Crippen molar-refractivity contribution in [1.29, 1.82) is 0 Å². The van der Waals surface area contributed by atoms with E-state index in [4.69, 9.17) is 0 Å². The fraction of sp³-hybridized carbons (Fsp3) is 0.125. The number of nitrogens with one attached hydrogen (secondary N) is 3. The van der Waals surface area contributed by atoms with Crippen LogP contribution in [0, 0.1) is 0 Å². The van der Waals surface area contributed by atoms with Crippen LogP contribution in [-0.2, 0) is 10.8 Å². The van der Waals surface area contributed by atoms with E-state index in [0.717, 1.165) is 22.0 Å². The molecule has 2 aromatic rings. The zero-order valence-corrected chi connectivity index (χ0v) is 12.6. The van der Waals surface area contributed by atoms with Crippen molar-refractivity contribution < 1.29 is 4.21 Å². The van der Waals surface area contributed by atoms with Gasteiger partial charge in [0.05, 0.1) is 16.5 Å². The van der Waals surface area contributed by atoms with Gasteiger partial charge in [-0.15, -0.1) is 0 Å². The number of nitrogens with zero attached hydrogens (tertiary/aromatic N) is 1. The minimum Gasteiger partial charge on any atom is -0.320 e. The summed E-state index contributed by atoms with van der Waals surface area (Å²) >= 11 is 0. The second-order valence-electron chi connectivity index (χ2n) is 5.18. The Balaban J connectivity index is 1.59. The zero-order chi connectivity index (χ0) is 14.9. The molecule has 5 nitrogen and oxygen atoms in total. The van der Waals surface area contributed by atoms with Crippen LogP contribution in [0.2, 0.25) is 0 Å². The molecule has 22 heavy (non-hydrogen) atoms. The average Bonchev–Trinajstić information content (AvgIpc) is 3.12. The Kier molecular flexibility index (Phi) is 3.42. The Morgan fingerprint density at radius 2 is 2.05 bits per heavy atom. The second kappa shape index (κ2) is 5.57. The van der Waals surface area contributed by atoms with E-state index in [1.165, 1.54) is 0 Å². The molecule has 2 atom stereocenters. The van der Waals surface area contributed by atoms with Crippen molar-refractivity contribution in [2.45, 2.75) is 6.17 Å². The summed E-state index contributed by atoms with van der Waals surface area (Å²) in [6.07, 6.45) is 3.82. The number of hydrogen-bond donors (Lipinski definition) is 3. The first-order valence-electron chi connectivity index (χ1n) is 7.12. The van der Waals surface area contributed by atoms with Crippen LogP contribution in [0.3, 0.4) is 0 Å². The molecule has 2 aliphatic heterocycles. The van der Waals surface area contributed by atoms with Gasteiger partial charge in [0, 0.05) is 29.4 Å². The molecule has 0 fully saturated rings. The summed E-state index contributed by atoms with van der Waals surface area (Å²) in [5.74, 6) is 0. The summed E-state index contributed by atoms with van der Waals surface area (Å²) in [5, 5.41) is 6.05. The quantitative estimate of drug-likeness (QED) is 0.760. The molecule has 0 aliphatic carbocycles. The largest absolute Gasteiger partial charge is 0.320 e. The minimum atomic E-state index is -1.07. The second-order valence-corrected chi connectivity index (χ2v) is 6.44. The van der Waals surface area contributed by atoms with E-state index in [1.54, 1.807) is 5.41 Å². The molecule has 1 aromatic heterocycles. The Labute approximate surface area is 131 Å². The molecular formula is C16H16N4OS. The van der Waals surface area contributed by atoms with E-state index in [-0.39, 0.29) is 6.17 Å². The lowest BCUT2D eigenvalue weighted by molar-refractivity contribution is 0.483. The maximum absolute atomic E-state index is 12.2. The maximum Gasteiger partial charge on any atom is 0.119 e. The Morgan fingerprint density at radius 3 is 2.91 bits per heavy atom. The molecule has 0 saturated heterocycles. The van der Waals surface area contributed by atoms with Crippen molar-refractivity contribution in [3.05, 3.63) is 71.4 Å². The molecule has 0 amide bonds. The fourth-order valence-electron chi connectivity index (χ4n) is 2.73. The molecule has 2 unspecified atom stereocenters. The van der Waals surface area contributed by atoms with Crippen LogP contribution in [0.25, 0.3) is 5.03 Å². The maximum atomic E-state index is 12.2. The van der Waals surface area contributed by atoms with Gasteiger partial charge in [-0.2, -0.15) is 0 Å². The minimum absolute atomic E-state index is 0.0776. The van der Waals surface area contributed by atoms with Crippen molar-refractivity contribution in [2.75, 3.05) is 12.0 Å². The van der Waals surface area contributed by atoms with Gasteiger partial charge in [-0.3, -0.25) is 5.32 Å². The van der Waals surface area contributed by atoms with Crippen molar-refractivity contribution in [2.24, 2.45) is 0 Å². The molecular weight excluding hydrogens is 296 g/mol. The van der Waals surface area contributed by atoms with Crippen LogP contribution < -0.4 is 16.2 Å². The van der Waals surface area contributed by atoms with Gasteiger partial charge < -0.3 is 9.99 Å². The van der Waals surface area contributed by atoms with Crippen LogP contribution in [0.15, 0.2) is 65.7 Å². The van der Waals surface area contributed by atoms with E-state index < -0.39 is 10.8 Å². The standard InChI is InChI=1S/C16H16N4OS/c21-22-10-8-12-11-17-15(14-7-4-9-20(14)16(12)22)19-18-13-5-2-1-3-6-13/h1-10,15,17-19H,11H2. The van der Waals surface area contributed by atoms with Gasteiger partial charge in [0.2, 0.25) is 0 Å². The first kappa shape index (κ1) is 13.5. The molecule has 0 spiro atoms. The van der Waals surface area contributed by atoms with Crippen LogP contribution in [0.4, 0.5) is 5.69 Å². The van der Waals surface area contributed by atoms with Crippen molar-refractivity contribution in [1.82, 2.24) is 15.3 Å². The summed E-state index contributed by atoms with van der Waals surface area (Å²) < 4.78 is 14.2. The highest BCUT2D eigenvalue weighted by Gasteiger charge is 2.27. The molecule has 0 radical (unpaired) electrons. The molecule has 4 rings (SSSR count). The summed E-state index contributed by atoms with van der Waals surface area (Å²) in [7, 11) is -1.07. The molecule has 3 N–H and O–H groups in total. The van der Waals surface area contributed by atoms with Gasteiger partial charge in [-0.1, -0.05) is 18.2 Å². The number of rotatable bonds is 3. The first-order valence-corrected chi connectivity index (χ1v) is 8.34. The molecule has 3 heterocycles. The predicted octanol–water partition coefficient (Wildman–Crippen LogP) is 2.15. The summed E-state index contributed by atoms with van der Waals surface area (Å²) in [6, 6.07) is 13.9. The molecule has 0 saturated carbocycles. The van der Waals surface area contributed by atoms with Gasteiger partial charge in [0.1, 0.15) is 11.2 Å². The van der Waals surface area contributed by atoms with Crippen LogP contribution >= 0.6 is 0 Å². The summed E-state index contributed by atoms with van der Waals surface area (Å²) in [6.45, 7) is 0.674. The van der Waals surface area contributed by atoms with Crippen LogP contribution in [0.1, 0.15) is 11.9 Å². The Morgan fingerprint density at radius 1 is 1.18 bits per heavy atom. The molecule has 1 aromatic carbocycles. The lowest BCUT2D eigenvalue weighted by Gasteiger charge is -2.21. The summed E-state index contributed by atoms with van der Waals surface area (Å²) in [4.78, 5) is 0. The number of aromatic nitrogens is 1. The Bertz CT molecular complexity index is 778. The normalized spacial score (nSPS) is 23.1. The van der Waals surface area contributed by atoms with Gasteiger partial charge >= 0.3 is 0 Å². The number of para-hydroxylation sites is 1. The number of fused-ring (bicyclic) bond motifs is 2. The van der Waals surface area contributed by atoms with Gasteiger partial charge in [0.15, 0.2) is 0 Å². The predicted molar refractivity (Wildman–Crippen MR) is 88.9 cm³/mol. The molecule has 6 heteroatoms. The fourth-order valence-corrected chi connectivity index (χ4v) is 3.90. The van der Waals surface area contributed by atoms with Crippen LogP contribution in [-0.4, -0.2) is 15.3 Å². The van der Waals surface area contributed by atoms with Gasteiger partial charge in [-0.05, 0) is 30.3 Å². The third-order valence-corrected chi connectivity index (χ3v) is 5.01. The zero-order valence-electron chi connectivity index (χ0n) is 11.8. The molecule has 112 valence electrons. The monoisotopic (exact) mass is 312 g/mol. The van der Waals surface area contributed by atoms with Crippen LogP contribution in [0.5, 0.6) is 0 Å². The highest BCUT2D eigenvalue weighted by Crippen LogP contribution is 2.30. The lowest BCUT2D eigenvalue weighted by atomic mass is 10.3. The SMILES string of the molecule is O=S1C=CC2=C1n1cccc1C(NNc1ccccc1)NC2. The van der Waals surface area contributed by atoms with Crippen molar-refractivity contribution in [3.8, 4) is 0 Å². The average molecular weight is 312 g/mol. The molecule has 2 aliphatic rings. The van der Waals surface area contributed by atoms with Crippen molar-refractivity contribution >= 4 is 21.5 Å². The lowest BCUT2D eigenvalue weighted by Crippen LogP contribution is -2.38.